The molecule has 0 fully saturated rings. The van der Waals surface area contributed by atoms with Crippen molar-refractivity contribution in [3.05, 3.63) is 134 Å². The first kappa shape index (κ1) is 70.5. The molecule has 0 aliphatic heterocycles. The minimum atomic E-state index is -0.793. The second-order valence-corrected chi connectivity index (χ2v) is 19.9. The highest BCUT2D eigenvalue weighted by molar-refractivity contribution is 5.71. The molecular weight excluding hydrogens is 925 g/mol. The molecule has 0 spiro atoms. The number of hydrogen-bond acceptors (Lipinski definition) is 6. The fourth-order valence-electron chi connectivity index (χ4n) is 8.04. The Hall–Kier alpha value is -4.45. The third-order valence-corrected chi connectivity index (χ3v) is 12.6. The first-order valence-electron chi connectivity index (χ1n) is 30.7. The highest BCUT2D eigenvalue weighted by Crippen LogP contribution is 2.14. The smallest absolute Gasteiger partial charge is 0.306 e. The minimum Gasteiger partial charge on any atom is -0.462 e. The van der Waals surface area contributed by atoms with Crippen LogP contribution in [0.5, 0.6) is 0 Å². The van der Waals surface area contributed by atoms with Gasteiger partial charge < -0.3 is 14.2 Å². The topological polar surface area (TPSA) is 78.9 Å². The van der Waals surface area contributed by atoms with Crippen LogP contribution in [0.25, 0.3) is 0 Å². The molecule has 6 nitrogen and oxygen atoms in total. The van der Waals surface area contributed by atoms with Gasteiger partial charge >= 0.3 is 17.9 Å². The first-order valence-corrected chi connectivity index (χ1v) is 30.7. The fourth-order valence-corrected chi connectivity index (χ4v) is 8.04. The van der Waals surface area contributed by atoms with Crippen LogP contribution in [0.4, 0.5) is 0 Å². The van der Waals surface area contributed by atoms with E-state index in [-0.39, 0.29) is 31.1 Å². The van der Waals surface area contributed by atoms with Gasteiger partial charge in [0, 0.05) is 19.3 Å². The summed E-state index contributed by atoms with van der Waals surface area (Å²) >= 11 is 0. The van der Waals surface area contributed by atoms with Gasteiger partial charge in [0.15, 0.2) is 6.10 Å². The van der Waals surface area contributed by atoms with Crippen LogP contribution < -0.4 is 0 Å². The molecule has 0 heterocycles. The molecule has 0 saturated heterocycles. The maximum absolute atomic E-state index is 12.8. The Morgan fingerprint density at radius 2 is 0.533 bits per heavy atom. The summed E-state index contributed by atoms with van der Waals surface area (Å²) in [5.41, 5.74) is 0. The predicted molar refractivity (Wildman–Crippen MR) is 325 cm³/mol. The van der Waals surface area contributed by atoms with E-state index in [2.05, 4.69) is 154 Å². The van der Waals surface area contributed by atoms with E-state index in [9.17, 15) is 14.4 Å². The lowest BCUT2D eigenvalue weighted by atomic mass is 10.1. The molecule has 0 aliphatic rings. The highest BCUT2D eigenvalue weighted by Gasteiger charge is 2.19. The van der Waals surface area contributed by atoms with Crippen LogP contribution in [-0.4, -0.2) is 37.2 Å². The largest absolute Gasteiger partial charge is 0.462 e. The maximum Gasteiger partial charge on any atom is 0.306 e. The normalized spacial score (nSPS) is 13.1. The predicted octanol–water partition coefficient (Wildman–Crippen LogP) is 21.0. The third-order valence-electron chi connectivity index (χ3n) is 12.6. The summed E-state index contributed by atoms with van der Waals surface area (Å²) in [4.78, 5) is 38.0. The van der Waals surface area contributed by atoms with E-state index in [0.717, 1.165) is 148 Å². The molecule has 0 rings (SSSR count). The van der Waals surface area contributed by atoms with Gasteiger partial charge in [-0.2, -0.15) is 0 Å². The Morgan fingerprint density at radius 1 is 0.280 bits per heavy atom. The van der Waals surface area contributed by atoms with Gasteiger partial charge in [-0.05, 0) is 116 Å². The van der Waals surface area contributed by atoms with Crippen molar-refractivity contribution in [3.63, 3.8) is 0 Å². The Balaban J connectivity index is 4.23. The molecule has 0 N–H and O–H groups in total. The zero-order valence-corrected chi connectivity index (χ0v) is 48.5. The molecule has 0 aromatic carbocycles. The molecule has 0 aromatic heterocycles. The van der Waals surface area contributed by atoms with Gasteiger partial charge in [0.1, 0.15) is 13.2 Å². The van der Waals surface area contributed by atoms with E-state index in [1.54, 1.807) is 0 Å². The highest BCUT2D eigenvalue weighted by atomic mass is 16.6. The van der Waals surface area contributed by atoms with Crippen molar-refractivity contribution in [2.45, 2.75) is 271 Å². The monoisotopic (exact) mass is 1040 g/mol. The Labute approximate surface area is 462 Å². The maximum atomic E-state index is 12.8. The van der Waals surface area contributed by atoms with Crippen molar-refractivity contribution in [3.8, 4) is 0 Å². The number of ether oxygens (including phenoxy) is 3. The van der Waals surface area contributed by atoms with Crippen LogP contribution in [0.15, 0.2) is 134 Å². The Morgan fingerprint density at radius 3 is 0.867 bits per heavy atom. The van der Waals surface area contributed by atoms with Gasteiger partial charge in [0.05, 0.1) is 0 Å². The van der Waals surface area contributed by atoms with E-state index in [1.807, 2.05) is 0 Å². The molecule has 424 valence electrons. The number of carbonyl (C=O) groups excluding carboxylic acids is 3. The van der Waals surface area contributed by atoms with Gasteiger partial charge in [-0.1, -0.05) is 264 Å². The van der Waals surface area contributed by atoms with E-state index in [1.165, 1.54) is 77.0 Å². The van der Waals surface area contributed by atoms with Crippen LogP contribution in [0.2, 0.25) is 0 Å². The lowest BCUT2D eigenvalue weighted by molar-refractivity contribution is -0.167. The molecule has 0 radical (unpaired) electrons. The second kappa shape index (κ2) is 62.1. The molecule has 0 bridgehead atoms. The van der Waals surface area contributed by atoms with Crippen molar-refractivity contribution in [1.82, 2.24) is 0 Å². The number of esters is 3. The number of allylic oxidation sites excluding steroid dienone is 22. The summed E-state index contributed by atoms with van der Waals surface area (Å²) in [5.74, 6) is -0.930. The van der Waals surface area contributed by atoms with Crippen molar-refractivity contribution in [2.75, 3.05) is 13.2 Å². The molecule has 0 saturated carbocycles. The van der Waals surface area contributed by atoms with Crippen LogP contribution in [0, 0.1) is 0 Å². The van der Waals surface area contributed by atoms with Crippen molar-refractivity contribution in [2.24, 2.45) is 0 Å². The first-order chi connectivity index (χ1) is 37.0. The zero-order chi connectivity index (χ0) is 54.3. The Kier molecular flexibility index (Phi) is 58.4. The van der Waals surface area contributed by atoms with Gasteiger partial charge in [-0.25, -0.2) is 0 Å². The summed E-state index contributed by atoms with van der Waals surface area (Å²) in [6.45, 7) is 6.44. The van der Waals surface area contributed by atoms with Crippen LogP contribution in [-0.2, 0) is 28.6 Å². The van der Waals surface area contributed by atoms with E-state index in [4.69, 9.17) is 14.2 Å². The second-order valence-electron chi connectivity index (χ2n) is 19.9. The molecule has 6 heteroatoms. The lowest BCUT2D eigenvalue weighted by Crippen LogP contribution is -2.30. The summed E-state index contributed by atoms with van der Waals surface area (Å²) < 4.78 is 16.8. The van der Waals surface area contributed by atoms with Crippen molar-refractivity contribution in [1.29, 1.82) is 0 Å². The lowest BCUT2D eigenvalue weighted by Gasteiger charge is -2.18. The van der Waals surface area contributed by atoms with E-state index < -0.39 is 6.10 Å². The van der Waals surface area contributed by atoms with Gasteiger partial charge in [-0.15, -0.1) is 0 Å². The molecule has 1 unspecified atom stereocenters. The van der Waals surface area contributed by atoms with Crippen molar-refractivity contribution < 1.29 is 28.6 Å². The molecular formula is C69H112O6. The minimum absolute atomic E-state index is 0.0901. The average Bonchev–Trinajstić information content (AvgIpc) is 3.41. The summed E-state index contributed by atoms with van der Waals surface area (Å²) in [5, 5.41) is 0. The Bertz CT molecular complexity index is 1620. The standard InChI is InChI=1S/C69H112O6/c1-4-7-10-13-16-19-22-23-24-25-26-27-28-29-30-31-32-33-34-35-36-37-38-39-40-41-42-43-44-45-48-50-53-56-59-62-68(71)74-65-66(75-69(72)63-60-57-54-51-47-21-18-15-12-9-6-3)64-73-67(70)61-58-55-52-49-46-20-17-14-11-8-5-2/h7,10,15-16,18-19,23-24,26-27,29-30,32-33,35-36,38-39,41-42,44-45,66H,4-6,8-9,11-14,17,20-22,25,28,31,34,37,40,43,46-65H2,1-3H3/b10-7-,18-15-,19-16-,24-23-,27-26-,30-29-,33-32-,36-35-,39-38-,42-41-,45-44-. The summed E-state index contributed by atoms with van der Waals surface area (Å²) in [6, 6.07) is 0. The summed E-state index contributed by atoms with van der Waals surface area (Å²) in [7, 11) is 0. The van der Waals surface area contributed by atoms with Crippen LogP contribution >= 0.6 is 0 Å². The molecule has 0 amide bonds. The number of rotatable bonds is 54. The van der Waals surface area contributed by atoms with Gasteiger partial charge in [0.2, 0.25) is 0 Å². The third kappa shape index (κ3) is 60.3. The molecule has 75 heavy (non-hydrogen) atoms. The van der Waals surface area contributed by atoms with Gasteiger partial charge in [0.25, 0.3) is 0 Å². The molecule has 1 atom stereocenters. The van der Waals surface area contributed by atoms with Gasteiger partial charge in [-0.3, -0.25) is 14.4 Å². The van der Waals surface area contributed by atoms with Crippen LogP contribution in [0.3, 0.4) is 0 Å². The zero-order valence-electron chi connectivity index (χ0n) is 48.5. The molecule has 0 aromatic rings. The van der Waals surface area contributed by atoms with Crippen molar-refractivity contribution >= 4 is 17.9 Å². The van der Waals surface area contributed by atoms with Crippen LogP contribution in [0.1, 0.15) is 265 Å². The fraction of sp³-hybridized carbons (Fsp3) is 0.638. The van der Waals surface area contributed by atoms with E-state index >= 15 is 0 Å². The number of carbonyl (C=O) groups is 3. The quantitative estimate of drug-likeness (QED) is 0.0261. The van der Waals surface area contributed by atoms with E-state index in [0.29, 0.717) is 19.3 Å². The number of unbranched alkanes of at least 4 members (excludes halogenated alkanes) is 21. The molecule has 0 aliphatic carbocycles. The number of hydrogen-bond donors (Lipinski definition) is 0. The summed E-state index contributed by atoms with van der Waals surface area (Å²) in [6.07, 6.45) is 87.5. The average molecular weight is 1040 g/mol. The SMILES string of the molecule is CC/C=C\C/C=C\C/C=C\C/C=C\C/C=C\C/C=C\C/C=C\C/C=C\C/C=C\C/C=C\CCCCCCC(=O)OCC(COC(=O)CCCCCCCCCCCCC)OC(=O)CCCCCCC/C=C\CCCC.